The van der Waals surface area contributed by atoms with E-state index < -0.39 is 24.4 Å². The van der Waals surface area contributed by atoms with Crippen LogP contribution in [0.2, 0.25) is 0 Å². The molecule has 7 heteroatoms. The van der Waals surface area contributed by atoms with Crippen molar-refractivity contribution in [2.45, 2.75) is 23.2 Å². The van der Waals surface area contributed by atoms with Crippen molar-refractivity contribution in [3.63, 3.8) is 0 Å². The molecule has 15 heavy (non-hydrogen) atoms. The fourth-order valence-electron chi connectivity index (χ4n) is 1.38. The molecule has 0 aromatic heterocycles. The topological polar surface area (TPSA) is 76.1 Å². The Morgan fingerprint density at radius 3 is 2.60 bits per heavy atom. The molecule has 1 N–H and O–H groups in total. The number of likely N-dealkylation sites (tertiary alicyclic amines) is 1. The first kappa shape index (κ1) is 12.5. The Morgan fingerprint density at radius 2 is 2.13 bits per heavy atom. The molecule has 0 unspecified atom stereocenters. The zero-order valence-electron chi connectivity index (χ0n) is 8.34. The van der Waals surface area contributed by atoms with E-state index in [0.29, 0.717) is 0 Å². The molecule has 1 heterocycles. The van der Waals surface area contributed by atoms with Crippen LogP contribution in [0.15, 0.2) is 0 Å². The molecule has 6 nitrogen and oxygen atoms in total. The summed E-state index contributed by atoms with van der Waals surface area (Å²) >= 11 is 1.94. The summed E-state index contributed by atoms with van der Waals surface area (Å²) in [5.41, 5.74) is 0. The summed E-state index contributed by atoms with van der Waals surface area (Å²) in [6, 6.07) is 0. The summed E-state index contributed by atoms with van der Waals surface area (Å²) in [6.45, 7) is 1.44. The number of rotatable bonds is 1. The number of carbonyl (C=O) groups is 2. The number of hydrogen-bond donors (Lipinski definition) is 1. The van der Waals surface area contributed by atoms with E-state index in [4.69, 9.17) is 4.74 Å². The lowest BCUT2D eigenvalue weighted by Gasteiger charge is -2.18. The fourth-order valence-corrected chi connectivity index (χ4v) is 2.14. The van der Waals surface area contributed by atoms with Gasteiger partial charge in [-0.25, -0.2) is 4.79 Å². The van der Waals surface area contributed by atoms with Crippen molar-refractivity contribution in [3.8, 4) is 0 Å². The van der Waals surface area contributed by atoms with E-state index in [-0.39, 0.29) is 10.5 Å². The molecule has 0 aliphatic carbocycles. The van der Waals surface area contributed by atoms with E-state index in [1.165, 1.54) is 14.0 Å². The monoisotopic (exact) mass is 329 g/mol. The van der Waals surface area contributed by atoms with Crippen LogP contribution in [0.5, 0.6) is 0 Å². The molecule has 1 fully saturated rings. The van der Waals surface area contributed by atoms with Crippen LogP contribution < -0.4 is 0 Å². The number of ether oxygens (including phenoxy) is 2. The molecular formula is C8H12INO5. The highest BCUT2D eigenvalue weighted by atomic mass is 127. The SMILES string of the molecule is COC(=O)N1C[C@H](OC(C)=O)[C@@H](I)[C@@H]1O. The van der Waals surface area contributed by atoms with E-state index in [0.717, 1.165) is 4.90 Å². The van der Waals surface area contributed by atoms with Gasteiger partial charge in [0, 0.05) is 6.92 Å². The molecule has 0 radical (unpaired) electrons. The highest BCUT2D eigenvalue weighted by Gasteiger charge is 2.44. The Morgan fingerprint density at radius 1 is 1.53 bits per heavy atom. The summed E-state index contributed by atoms with van der Waals surface area (Å²) < 4.78 is 9.11. The third kappa shape index (κ3) is 2.71. The lowest BCUT2D eigenvalue weighted by atomic mass is 10.3. The van der Waals surface area contributed by atoms with Gasteiger partial charge in [-0.3, -0.25) is 9.69 Å². The van der Waals surface area contributed by atoms with Gasteiger partial charge in [-0.1, -0.05) is 22.6 Å². The lowest BCUT2D eigenvalue weighted by Crippen LogP contribution is -2.37. The first-order valence-electron chi connectivity index (χ1n) is 4.31. The van der Waals surface area contributed by atoms with Gasteiger partial charge in [0.15, 0.2) is 0 Å². The molecule has 0 aromatic carbocycles. The van der Waals surface area contributed by atoms with Crippen LogP contribution in [-0.4, -0.2) is 52.0 Å². The van der Waals surface area contributed by atoms with E-state index in [2.05, 4.69) is 4.74 Å². The second kappa shape index (κ2) is 4.97. The van der Waals surface area contributed by atoms with Crippen molar-refractivity contribution >= 4 is 34.7 Å². The largest absolute Gasteiger partial charge is 0.459 e. The van der Waals surface area contributed by atoms with Gasteiger partial charge in [0.1, 0.15) is 12.3 Å². The van der Waals surface area contributed by atoms with Gasteiger partial charge in [0.2, 0.25) is 0 Å². The van der Waals surface area contributed by atoms with E-state index in [1.54, 1.807) is 0 Å². The van der Waals surface area contributed by atoms with Gasteiger partial charge in [0.25, 0.3) is 0 Å². The van der Waals surface area contributed by atoms with Crippen LogP contribution in [0.1, 0.15) is 6.92 Å². The molecule has 0 aromatic rings. The molecule has 1 aliphatic heterocycles. The van der Waals surface area contributed by atoms with Crippen molar-refractivity contribution < 1.29 is 24.2 Å². The number of halogens is 1. The van der Waals surface area contributed by atoms with Gasteiger partial charge >= 0.3 is 12.1 Å². The number of methoxy groups -OCH3 is 1. The van der Waals surface area contributed by atoms with E-state index in [1.807, 2.05) is 22.6 Å². The third-order valence-corrected chi connectivity index (χ3v) is 3.51. The molecule has 1 aliphatic rings. The maximum atomic E-state index is 11.2. The standard InChI is InChI=1S/C8H12INO5/c1-4(11)15-5-3-10(8(13)14-2)7(12)6(5)9/h5-7,12H,3H2,1-2H3/t5-,6+,7-/m0/s1. The summed E-state index contributed by atoms with van der Waals surface area (Å²) in [4.78, 5) is 23.1. The average Bonchev–Trinajstić information content (AvgIpc) is 2.44. The molecule has 3 atom stereocenters. The van der Waals surface area contributed by atoms with Crippen molar-refractivity contribution in [2.75, 3.05) is 13.7 Å². The van der Waals surface area contributed by atoms with Crippen LogP contribution in [0.4, 0.5) is 4.79 Å². The number of alkyl halides is 1. The van der Waals surface area contributed by atoms with Crippen LogP contribution in [0.25, 0.3) is 0 Å². The molecule has 0 bridgehead atoms. The van der Waals surface area contributed by atoms with Crippen molar-refractivity contribution in [2.24, 2.45) is 0 Å². The normalized spacial score (nSPS) is 30.1. The first-order valence-corrected chi connectivity index (χ1v) is 5.56. The number of aliphatic hydroxyl groups excluding tert-OH is 1. The Balaban J connectivity index is 2.67. The lowest BCUT2D eigenvalue weighted by molar-refractivity contribution is -0.145. The summed E-state index contributed by atoms with van der Waals surface area (Å²) in [5, 5.41) is 9.67. The quantitative estimate of drug-likeness (QED) is 0.420. The maximum absolute atomic E-state index is 11.2. The predicted molar refractivity (Wildman–Crippen MR) is 58.5 cm³/mol. The minimum Gasteiger partial charge on any atom is -0.459 e. The summed E-state index contributed by atoms with van der Waals surface area (Å²) in [5.74, 6) is -0.430. The average molecular weight is 329 g/mol. The van der Waals surface area contributed by atoms with Crippen LogP contribution in [0.3, 0.4) is 0 Å². The second-order valence-corrected chi connectivity index (χ2v) is 4.57. The summed E-state index contributed by atoms with van der Waals surface area (Å²) in [7, 11) is 1.23. The van der Waals surface area contributed by atoms with Gasteiger partial charge in [-0.15, -0.1) is 0 Å². The van der Waals surface area contributed by atoms with Crippen molar-refractivity contribution in [1.82, 2.24) is 4.90 Å². The van der Waals surface area contributed by atoms with Gasteiger partial charge in [-0.2, -0.15) is 0 Å². The Labute approximate surface area is 101 Å². The number of aliphatic hydroxyl groups is 1. The number of hydrogen-bond acceptors (Lipinski definition) is 5. The van der Waals surface area contributed by atoms with Crippen molar-refractivity contribution in [1.29, 1.82) is 0 Å². The molecule has 0 spiro atoms. The van der Waals surface area contributed by atoms with Gasteiger partial charge < -0.3 is 14.6 Å². The molecule has 86 valence electrons. The van der Waals surface area contributed by atoms with Crippen LogP contribution in [0, 0.1) is 0 Å². The van der Waals surface area contributed by atoms with Crippen LogP contribution >= 0.6 is 22.6 Å². The number of nitrogens with zero attached hydrogens (tertiary/aromatic N) is 1. The predicted octanol–water partition coefficient (Wildman–Crippen LogP) is 0.122. The van der Waals surface area contributed by atoms with E-state index in [9.17, 15) is 14.7 Å². The van der Waals surface area contributed by atoms with Crippen LogP contribution in [-0.2, 0) is 14.3 Å². The third-order valence-electron chi connectivity index (χ3n) is 2.06. The Bertz CT molecular complexity index is 272. The Kier molecular flexibility index (Phi) is 4.14. The highest BCUT2D eigenvalue weighted by Crippen LogP contribution is 2.26. The molecule has 1 rings (SSSR count). The molecule has 1 saturated heterocycles. The molecule has 1 amide bonds. The minimum absolute atomic E-state index is 0.154. The van der Waals surface area contributed by atoms with Crippen molar-refractivity contribution in [3.05, 3.63) is 0 Å². The molecular weight excluding hydrogens is 317 g/mol. The highest BCUT2D eigenvalue weighted by molar-refractivity contribution is 14.1. The first-order chi connectivity index (χ1) is 6.97. The number of carbonyl (C=O) groups excluding carboxylic acids is 2. The summed E-state index contributed by atoms with van der Waals surface area (Å²) in [6.07, 6.45) is -2.10. The zero-order chi connectivity index (χ0) is 11.6. The fraction of sp³-hybridized carbons (Fsp3) is 0.750. The molecule has 0 saturated carbocycles. The zero-order valence-corrected chi connectivity index (χ0v) is 10.5. The van der Waals surface area contributed by atoms with Gasteiger partial charge in [-0.05, 0) is 0 Å². The number of amides is 1. The minimum atomic E-state index is -0.984. The second-order valence-electron chi connectivity index (χ2n) is 3.13. The number of esters is 1. The smallest absolute Gasteiger partial charge is 0.411 e. The maximum Gasteiger partial charge on any atom is 0.411 e. The Hall–Kier alpha value is -0.570. The van der Waals surface area contributed by atoms with E-state index >= 15 is 0 Å². The van der Waals surface area contributed by atoms with Gasteiger partial charge in [0.05, 0.1) is 17.6 Å².